The summed E-state index contributed by atoms with van der Waals surface area (Å²) in [6.07, 6.45) is 0. The molecule has 0 atom stereocenters. The molecule has 0 aromatic carbocycles. The normalized spacial score (nSPS) is 0. The fraction of sp³-hybridized carbons (Fsp3) is 0. The second kappa shape index (κ2) is 18.6. The van der Waals surface area contributed by atoms with Gasteiger partial charge in [0.25, 0.3) is 0 Å². The second-order valence-electron chi connectivity index (χ2n) is 0. The molecule has 0 aliphatic heterocycles. The summed E-state index contributed by atoms with van der Waals surface area (Å²) in [6.45, 7) is 0. The van der Waals surface area contributed by atoms with Gasteiger partial charge in [-0.15, -0.1) is 0 Å². The minimum absolute atomic E-state index is 0. The van der Waals surface area contributed by atoms with Crippen LogP contribution in [0.1, 0.15) is 0 Å². The zero-order valence-electron chi connectivity index (χ0n) is 2.24. The summed E-state index contributed by atoms with van der Waals surface area (Å²) in [6, 6.07) is 0. The molecule has 0 heterocycles. The third-order valence-corrected chi connectivity index (χ3v) is 0. The summed E-state index contributed by atoms with van der Waals surface area (Å²) in [7, 11) is 0. The zero-order valence-corrected chi connectivity index (χ0v) is 6.62. The van der Waals surface area contributed by atoms with Crippen LogP contribution in [0.5, 0.6) is 0 Å². The predicted molar refractivity (Wildman–Crippen MR) is 13.4 cm³/mol. The van der Waals surface area contributed by atoms with Crippen LogP contribution in [-0.4, -0.2) is 66.3 Å². The number of hydrogen-bond donors (Lipinski definition) is 0. The summed E-state index contributed by atoms with van der Waals surface area (Å²) in [5, 5.41) is 0. The predicted octanol–water partition coefficient (Wildman–Crippen LogP) is -3.93. The van der Waals surface area contributed by atoms with Crippen molar-refractivity contribution < 1.29 is 17.9 Å². The van der Waals surface area contributed by atoms with Crippen molar-refractivity contribution in [3.63, 3.8) is 0 Å². The first-order valence-corrected chi connectivity index (χ1v) is 0. The van der Waals surface area contributed by atoms with Gasteiger partial charge in [0, 0.05) is 0 Å². The first kappa shape index (κ1) is 33.7. The standard InChI is InChI=1S/Ca.ClH.Mg.H2O/h;1H;;1H2/q+2;;+2;/p-2. The van der Waals surface area contributed by atoms with Crippen molar-refractivity contribution in [3.05, 3.63) is 0 Å². The van der Waals surface area contributed by atoms with E-state index in [-0.39, 0.29) is 78.7 Å². The Morgan fingerprint density at radius 2 is 1.00 bits per heavy atom. The second-order valence-corrected chi connectivity index (χ2v) is 0. The molecule has 0 bridgehead atoms. The molecule has 0 saturated carbocycles. The molecule has 0 rings (SSSR count). The van der Waals surface area contributed by atoms with Crippen LogP contribution in [0, 0.1) is 0 Å². The van der Waals surface area contributed by atoms with Crippen molar-refractivity contribution in [2.75, 3.05) is 0 Å². The van der Waals surface area contributed by atoms with Gasteiger partial charge in [0.2, 0.25) is 0 Å². The van der Waals surface area contributed by atoms with Crippen LogP contribution in [-0.2, 0) is 0 Å². The molecule has 4 heavy (non-hydrogen) atoms. The van der Waals surface area contributed by atoms with E-state index < -0.39 is 0 Å². The number of hydrogen-bond acceptors (Lipinski definition) is 1. The Morgan fingerprint density at radius 3 is 1.00 bits per heavy atom. The average molecular weight is 117 g/mol. The van der Waals surface area contributed by atoms with Crippen LogP contribution in [0.3, 0.4) is 0 Å². The Kier molecular flexibility index (Phi) is 157. The maximum Gasteiger partial charge on any atom is 2.00 e. The number of halogens is 1. The molecule has 0 radical (unpaired) electrons. The van der Waals surface area contributed by atoms with Gasteiger partial charge < -0.3 is 17.9 Å². The van der Waals surface area contributed by atoms with Gasteiger partial charge in [-0.05, 0) is 0 Å². The zero-order chi connectivity index (χ0) is 0. The maximum atomic E-state index is 0. The van der Waals surface area contributed by atoms with Crippen molar-refractivity contribution in [2.45, 2.75) is 0 Å². The molecular weight excluding hydrogens is 116 g/mol. The van der Waals surface area contributed by atoms with E-state index in [0.717, 1.165) is 0 Å². The molecule has 0 aliphatic rings. The van der Waals surface area contributed by atoms with Crippen molar-refractivity contribution in [2.24, 2.45) is 0 Å². The monoisotopic (exact) mass is 116 g/mol. The van der Waals surface area contributed by atoms with Gasteiger partial charge in [-0.25, -0.2) is 0 Å². The molecule has 4 heteroatoms. The summed E-state index contributed by atoms with van der Waals surface area (Å²) in [4.78, 5) is 0. The molecule has 0 unspecified atom stereocenters. The van der Waals surface area contributed by atoms with Crippen LogP contribution in [0.15, 0.2) is 0 Å². The van der Waals surface area contributed by atoms with Gasteiger partial charge in [-0.2, -0.15) is 0 Å². The maximum absolute atomic E-state index is 0. The number of rotatable bonds is 0. The SMILES string of the molecule is [Ca+2].[Cl-].[Mg+2].[OH-]. The van der Waals surface area contributed by atoms with Crippen LogP contribution in [0.2, 0.25) is 0 Å². The van der Waals surface area contributed by atoms with E-state index >= 15 is 0 Å². The molecule has 0 aromatic rings. The molecule has 0 spiro atoms. The van der Waals surface area contributed by atoms with Gasteiger partial charge in [0.1, 0.15) is 0 Å². The van der Waals surface area contributed by atoms with Crippen molar-refractivity contribution in [3.8, 4) is 0 Å². The van der Waals surface area contributed by atoms with E-state index in [1.165, 1.54) is 0 Å². The quantitative estimate of drug-likeness (QED) is 0.298. The van der Waals surface area contributed by atoms with E-state index in [1.54, 1.807) is 0 Å². The van der Waals surface area contributed by atoms with Gasteiger partial charge in [-0.3, -0.25) is 0 Å². The smallest absolute Gasteiger partial charge is 1.00 e. The third-order valence-electron chi connectivity index (χ3n) is 0. The molecule has 16 valence electrons. The van der Waals surface area contributed by atoms with Crippen LogP contribution in [0.4, 0.5) is 0 Å². The van der Waals surface area contributed by atoms with Crippen molar-refractivity contribution in [1.29, 1.82) is 0 Å². The van der Waals surface area contributed by atoms with Crippen LogP contribution >= 0.6 is 0 Å². The Hall–Kier alpha value is 2.28. The van der Waals surface area contributed by atoms with Gasteiger partial charge in [-0.1, -0.05) is 0 Å². The minimum Gasteiger partial charge on any atom is -1.00 e. The molecular formula is HCaClMgO+2. The van der Waals surface area contributed by atoms with E-state index in [9.17, 15) is 0 Å². The fourth-order valence-corrected chi connectivity index (χ4v) is 0. The molecule has 0 amide bonds. The largest absolute Gasteiger partial charge is 2.00 e. The van der Waals surface area contributed by atoms with E-state index in [0.29, 0.717) is 0 Å². The fourth-order valence-electron chi connectivity index (χ4n) is 0. The molecule has 1 N–H and O–H groups in total. The molecule has 0 fully saturated rings. The van der Waals surface area contributed by atoms with E-state index in [4.69, 9.17) is 0 Å². The van der Waals surface area contributed by atoms with Crippen molar-refractivity contribution in [1.82, 2.24) is 0 Å². The van der Waals surface area contributed by atoms with Gasteiger partial charge >= 0.3 is 60.8 Å². The van der Waals surface area contributed by atoms with E-state index in [2.05, 4.69) is 0 Å². The van der Waals surface area contributed by atoms with Gasteiger partial charge in [0.15, 0.2) is 0 Å². The Labute approximate surface area is 77.4 Å². The topological polar surface area (TPSA) is 30.0 Å². The Morgan fingerprint density at radius 1 is 1.00 bits per heavy atom. The molecule has 1 nitrogen and oxygen atoms in total. The molecule has 0 aliphatic carbocycles. The van der Waals surface area contributed by atoms with E-state index in [1.807, 2.05) is 0 Å². The Bertz CT molecular complexity index is 8.00. The summed E-state index contributed by atoms with van der Waals surface area (Å²) in [5.74, 6) is 0. The minimum atomic E-state index is 0. The van der Waals surface area contributed by atoms with Crippen LogP contribution < -0.4 is 12.4 Å². The molecule has 0 aromatic heterocycles. The van der Waals surface area contributed by atoms with Crippen LogP contribution in [0.25, 0.3) is 0 Å². The third kappa shape index (κ3) is 8.86. The van der Waals surface area contributed by atoms with Gasteiger partial charge in [0.05, 0.1) is 0 Å². The first-order valence-electron chi connectivity index (χ1n) is 0. The average Bonchev–Trinajstić information content (AvgIpc) is 0. The Balaban J connectivity index is 0. The first-order chi connectivity index (χ1) is 0. The summed E-state index contributed by atoms with van der Waals surface area (Å²) in [5.41, 5.74) is 0. The van der Waals surface area contributed by atoms with Crippen molar-refractivity contribution >= 4 is 60.8 Å². The summed E-state index contributed by atoms with van der Waals surface area (Å²) >= 11 is 0. The summed E-state index contributed by atoms with van der Waals surface area (Å²) < 4.78 is 0. The molecule has 0 saturated heterocycles.